The van der Waals surface area contributed by atoms with E-state index in [4.69, 9.17) is 14.3 Å². The van der Waals surface area contributed by atoms with Crippen molar-refractivity contribution < 1.29 is 18.7 Å². The number of rotatable bonds is 6. The fourth-order valence-electron chi connectivity index (χ4n) is 4.03. The smallest absolute Gasteiger partial charge is 0.262 e. The number of amidine groups is 1. The van der Waals surface area contributed by atoms with Crippen LogP contribution in [0.3, 0.4) is 0 Å². The highest BCUT2D eigenvalue weighted by Crippen LogP contribution is 2.39. The molecule has 8 nitrogen and oxygen atoms in total. The maximum Gasteiger partial charge on any atom is 0.262 e. The highest BCUT2D eigenvalue weighted by Gasteiger charge is 2.40. The molecule has 178 valence electrons. The van der Waals surface area contributed by atoms with Gasteiger partial charge in [0.2, 0.25) is 5.91 Å². The van der Waals surface area contributed by atoms with Gasteiger partial charge in [-0.15, -0.1) is 0 Å². The Balaban J connectivity index is 1.33. The first kappa shape index (κ1) is 22.9. The van der Waals surface area contributed by atoms with E-state index in [0.717, 1.165) is 34.0 Å². The third kappa shape index (κ3) is 4.85. The van der Waals surface area contributed by atoms with Crippen molar-refractivity contribution in [1.29, 1.82) is 0 Å². The Bertz CT molecular complexity index is 1300. The summed E-state index contributed by atoms with van der Waals surface area (Å²) in [4.78, 5) is 29.6. The molecule has 0 spiro atoms. The van der Waals surface area contributed by atoms with E-state index < -0.39 is 5.25 Å². The molecular weight excluding hydrogens is 464 g/mol. The van der Waals surface area contributed by atoms with E-state index in [9.17, 15) is 9.59 Å². The van der Waals surface area contributed by atoms with Crippen LogP contribution in [0.15, 0.2) is 81.4 Å². The average molecular weight is 489 g/mol. The van der Waals surface area contributed by atoms with Gasteiger partial charge >= 0.3 is 0 Å². The van der Waals surface area contributed by atoms with Crippen LogP contribution in [0.4, 0.5) is 5.69 Å². The SMILES string of the molecule is COc1ccc(C2=NN(C3=NC(=O)C(CC(=O)Nc4ccccc4C)S3)C(c3ccco3)C2)cc1. The van der Waals surface area contributed by atoms with Crippen LogP contribution in [0.1, 0.15) is 35.8 Å². The molecule has 2 aromatic carbocycles. The highest BCUT2D eigenvalue weighted by molar-refractivity contribution is 8.15. The largest absolute Gasteiger partial charge is 0.497 e. The van der Waals surface area contributed by atoms with E-state index >= 15 is 0 Å². The predicted molar refractivity (Wildman–Crippen MR) is 136 cm³/mol. The first-order chi connectivity index (χ1) is 17.0. The van der Waals surface area contributed by atoms with Crippen LogP contribution >= 0.6 is 11.8 Å². The molecule has 1 N–H and O–H groups in total. The van der Waals surface area contributed by atoms with Crippen molar-refractivity contribution in [3.05, 3.63) is 83.8 Å². The standard InChI is InChI=1S/C26H24N4O4S/c1-16-6-3-4-7-19(16)27-24(31)15-23-25(32)28-26(35-23)30-21(22-8-5-13-34-22)14-20(29-30)17-9-11-18(33-2)12-10-17/h3-13,21,23H,14-15H2,1-2H3,(H,27,31). The zero-order valence-corrected chi connectivity index (χ0v) is 20.1. The van der Waals surface area contributed by atoms with E-state index in [0.29, 0.717) is 11.6 Å². The van der Waals surface area contributed by atoms with Crippen molar-refractivity contribution in [1.82, 2.24) is 5.01 Å². The molecule has 0 aliphatic carbocycles. The lowest BCUT2D eigenvalue weighted by Gasteiger charge is -2.21. The maximum absolute atomic E-state index is 12.7. The number of aliphatic imine (C=N–C) groups is 1. The van der Waals surface area contributed by atoms with Gasteiger partial charge in [0.1, 0.15) is 22.8 Å². The number of carbonyl (C=O) groups is 2. The van der Waals surface area contributed by atoms with Gasteiger partial charge in [-0.25, -0.2) is 5.01 Å². The van der Waals surface area contributed by atoms with Crippen LogP contribution in [-0.4, -0.2) is 40.1 Å². The summed E-state index contributed by atoms with van der Waals surface area (Å²) in [6.45, 7) is 1.92. The fraction of sp³-hybridized carbons (Fsp3) is 0.231. The number of amides is 2. The van der Waals surface area contributed by atoms with Crippen molar-refractivity contribution in [3.8, 4) is 5.75 Å². The van der Waals surface area contributed by atoms with Crippen LogP contribution in [0.5, 0.6) is 5.75 Å². The first-order valence-electron chi connectivity index (χ1n) is 11.2. The Hall–Kier alpha value is -3.85. The molecule has 2 aliphatic rings. The third-order valence-corrected chi connectivity index (χ3v) is 7.06. The van der Waals surface area contributed by atoms with E-state index in [1.54, 1.807) is 18.4 Å². The fourth-order valence-corrected chi connectivity index (χ4v) is 5.10. The molecule has 0 fully saturated rings. The van der Waals surface area contributed by atoms with Gasteiger partial charge in [-0.1, -0.05) is 30.0 Å². The summed E-state index contributed by atoms with van der Waals surface area (Å²) in [5.74, 6) is 0.929. The van der Waals surface area contributed by atoms with Crippen molar-refractivity contribution >= 4 is 40.1 Å². The molecular formula is C26H24N4O4S. The third-order valence-electron chi connectivity index (χ3n) is 5.92. The van der Waals surface area contributed by atoms with E-state index in [1.165, 1.54) is 11.8 Å². The number of carbonyl (C=O) groups excluding carboxylic acids is 2. The van der Waals surface area contributed by atoms with Gasteiger partial charge in [-0.05, 0) is 60.5 Å². The van der Waals surface area contributed by atoms with Crippen LogP contribution in [0.2, 0.25) is 0 Å². The minimum atomic E-state index is -0.605. The molecule has 2 unspecified atom stereocenters. The van der Waals surface area contributed by atoms with Crippen LogP contribution in [0, 0.1) is 6.92 Å². The molecule has 5 rings (SSSR count). The van der Waals surface area contributed by atoms with E-state index in [1.807, 2.05) is 67.6 Å². The van der Waals surface area contributed by atoms with E-state index in [-0.39, 0.29) is 24.3 Å². The number of thioether (sulfide) groups is 1. The second-order valence-corrected chi connectivity index (χ2v) is 9.43. The molecule has 0 saturated heterocycles. The molecule has 9 heteroatoms. The highest BCUT2D eigenvalue weighted by atomic mass is 32.2. The lowest BCUT2D eigenvalue weighted by Crippen LogP contribution is -2.25. The topological polar surface area (TPSA) is 96.5 Å². The molecule has 2 amide bonds. The minimum absolute atomic E-state index is 0.0269. The molecule has 0 saturated carbocycles. The van der Waals surface area contributed by atoms with Gasteiger partial charge in [0.15, 0.2) is 5.17 Å². The number of hydrogen-bond donors (Lipinski definition) is 1. The second-order valence-electron chi connectivity index (χ2n) is 8.26. The van der Waals surface area contributed by atoms with Crippen LogP contribution < -0.4 is 10.1 Å². The van der Waals surface area contributed by atoms with Gasteiger partial charge in [0, 0.05) is 18.5 Å². The second kappa shape index (κ2) is 9.79. The molecule has 0 radical (unpaired) electrons. The van der Waals surface area contributed by atoms with Crippen molar-refractivity contribution in [3.63, 3.8) is 0 Å². The van der Waals surface area contributed by atoms with Gasteiger partial charge in [-0.2, -0.15) is 10.1 Å². The number of hydrazone groups is 1. The van der Waals surface area contributed by atoms with Gasteiger partial charge in [0.05, 0.1) is 19.1 Å². The van der Waals surface area contributed by atoms with Crippen LogP contribution in [0.25, 0.3) is 0 Å². The normalized spacial score (nSPS) is 19.5. The number of nitrogens with one attached hydrogen (secondary N) is 1. The molecule has 1 aromatic heterocycles. The number of hydrogen-bond acceptors (Lipinski definition) is 7. The number of benzene rings is 2. The summed E-state index contributed by atoms with van der Waals surface area (Å²) in [6, 6.07) is 18.7. The number of para-hydroxylation sites is 1. The number of nitrogens with zero attached hydrogens (tertiary/aromatic N) is 3. The minimum Gasteiger partial charge on any atom is -0.497 e. The Labute approximate surface area is 207 Å². The van der Waals surface area contributed by atoms with Crippen molar-refractivity contribution in [2.75, 3.05) is 12.4 Å². The van der Waals surface area contributed by atoms with Crippen molar-refractivity contribution in [2.45, 2.75) is 31.1 Å². The Morgan fingerprint density at radius 1 is 1.17 bits per heavy atom. The molecule has 3 heterocycles. The first-order valence-corrected chi connectivity index (χ1v) is 12.1. The molecule has 2 aliphatic heterocycles. The van der Waals surface area contributed by atoms with Gasteiger partial charge < -0.3 is 14.5 Å². The molecule has 35 heavy (non-hydrogen) atoms. The summed E-state index contributed by atoms with van der Waals surface area (Å²) < 4.78 is 10.9. The number of furan rings is 1. The van der Waals surface area contributed by atoms with Gasteiger partial charge in [0.25, 0.3) is 5.91 Å². The zero-order valence-electron chi connectivity index (χ0n) is 19.3. The summed E-state index contributed by atoms with van der Waals surface area (Å²) >= 11 is 1.26. The predicted octanol–water partition coefficient (Wildman–Crippen LogP) is 4.77. The lowest BCUT2D eigenvalue weighted by molar-refractivity contribution is -0.121. The number of aryl methyl sites for hydroxylation is 1. The number of anilines is 1. The number of methoxy groups -OCH3 is 1. The number of ether oxygens (including phenoxy) is 1. The molecule has 0 bridgehead atoms. The quantitative estimate of drug-likeness (QED) is 0.537. The lowest BCUT2D eigenvalue weighted by atomic mass is 10.0. The Morgan fingerprint density at radius 2 is 1.97 bits per heavy atom. The Kier molecular flexibility index (Phi) is 6.41. The summed E-state index contributed by atoms with van der Waals surface area (Å²) in [5, 5.41) is 9.29. The van der Waals surface area contributed by atoms with E-state index in [2.05, 4.69) is 10.3 Å². The maximum atomic E-state index is 12.7. The monoisotopic (exact) mass is 488 g/mol. The molecule has 3 aromatic rings. The zero-order chi connectivity index (χ0) is 24.4. The van der Waals surface area contributed by atoms with Crippen LogP contribution in [-0.2, 0) is 9.59 Å². The van der Waals surface area contributed by atoms with Gasteiger partial charge in [-0.3, -0.25) is 9.59 Å². The summed E-state index contributed by atoms with van der Waals surface area (Å²) in [6.07, 6.45) is 2.23. The summed E-state index contributed by atoms with van der Waals surface area (Å²) in [5.41, 5.74) is 3.50. The van der Waals surface area contributed by atoms with Crippen molar-refractivity contribution in [2.24, 2.45) is 10.1 Å². The average Bonchev–Trinajstić information content (AvgIpc) is 3.61. The molecule has 2 atom stereocenters. The Morgan fingerprint density at radius 3 is 2.69 bits per heavy atom. The summed E-state index contributed by atoms with van der Waals surface area (Å²) in [7, 11) is 1.63.